The Labute approximate surface area is 197 Å². The number of hydrogen-bond donors (Lipinski definition) is 0. The average Bonchev–Trinajstić information content (AvgIpc) is 3.32. The quantitative estimate of drug-likeness (QED) is 0.161. The van der Waals surface area contributed by atoms with E-state index in [0.717, 1.165) is 16.7 Å². The molecule has 3 aromatic rings. The molecule has 0 saturated carbocycles. The maximum absolute atomic E-state index is 12.9. The van der Waals surface area contributed by atoms with Crippen molar-refractivity contribution in [3.63, 3.8) is 0 Å². The summed E-state index contributed by atoms with van der Waals surface area (Å²) in [4.78, 5) is 36.6. The Kier molecular flexibility index (Phi) is 8.38. The van der Waals surface area contributed by atoms with Gasteiger partial charge in [-0.2, -0.15) is 11.3 Å². The summed E-state index contributed by atoms with van der Waals surface area (Å²) in [5.74, 6) is -1.61. The highest BCUT2D eigenvalue weighted by atomic mass is 32.1. The van der Waals surface area contributed by atoms with Crippen molar-refractivity contribution in [3.8, 4) is 11.5 Å². The van der Waals surface area contributed by atoms with Gasteiger partial charge in [-0.1, -0.05) is 24.3 Å². The van der Waals surface area contributed by atoms with Gasteiger partial charge in [-0.15, -0.1) is 0 Å². The van der Waals surface area contributed by atoms with Crippen LogP contribution in [0.25, 0.3) is 0 Å². The van der Waals surface area contributed by atoms with Gasteiger partial charge in [0, 0.05) is 6.07 Å². The lowest BCUT2D eigenvalue weighted by Crippen LogP contribution is -2.21. The standard InChI is InChI=1S/C26H26O6S/c1-4-30-26(29)24(28)14-23(27)22-10-9-20(31-15-19-11-12-33-16-19)13-25(22)32-18(3)21-8-6-5-7-17(21)2/h5-13,16,18H,4,14-15H2,1-3H3. The van der Waals surface area contributed by atoms with Crippen LogP contribution in [-0.2, 0) is 20.9 Å². The number of thiophene rings is 1. The first-order chi connectivity index (χ1) is 15.9. The van der Waals surface area contributed by atoms with Gasteiger partial charge in [0.15, 0.2) is 5.78 Å². The molecule has 1 unspecified atom stereocenters. The first-order valence-electron chi connectivity index (χ1n) is 10.6. The van der Waals surface area contributed by atoms with E-state index in [4.69, 9.17) is 14.2 Å². The van der Waals surface area contributed by atoms with Crippen LogP contribution in [0.1, 0.15) is 53.4 Å². The van der Waals surface area contributed by atoms with Gasteiger partial charge in [0.2, 0.25) is 5.78 Å². The van der Waals surface area contributed by atoms with Gasteiger partial charge >= 0.3 is 5.97 Å². The lowest BCUT2D eigenvalue weighted by atomic mass is 10.0. The number of rotatable bonds is 11. The topological polar surface area (TPSA) is 78.9 Å². The van der Waals surface area contributed by atoms with E-state index < -0.39 is 24.0 Å². The Morgan fingerprint density at radius 1 is 1.06 bits per heavy atom. The number of esters is 1. The van der Waals surface area contributed by atoms with Gasteiger partial charge in [0.25, 0.3) is 0 Å². The minimum absolute atomic E-state index is 0.0667. The van der Waals surface area contributed by atoms with Gasteiger partial charge in [-0.3, -0.25) is 9.59 Å². The van der Waals surface area contributed by atoms with E-state index in [2.05, 4.69) is 0 Å². The summed E-state index contributed by atoms with van der Waals surface area (Å²) in [7, 11) is 0. The monoisotopic (exact) mass is 466 g/mol. The lowest BCUT2D eigenvalue weighted by molar-refractivity contribution is -0.153. The zero-order valence-corrected chi connectivity index (χ0v) is 19.6. The molecule has 2 aromatic carbocycles. The second kappa shape index (κ2) is 11.4. The molecule has 1 aromatic heterocycles. The molecule has 33 heavy (non-hydrogen) atoms. The Balaban J connectivity index is 1.85. The van der Waals surface area contributed by atoms with E-state index in [0.29, 0.717) is 12.4 Å². The zero-order valence-electron chi connectivity index (χ0n) is 18.8. The molecular weight excluding hydrogens is 440 g/mol. The summed E-state index contributed by atoms with van der Waals surface area (Å²) in [6.07, 6.45) is -0.950. The molecule has 0 aliphatic carbocycles. The average molecular weight is 467 g/mol. The molecule has 0 bridgehead atoms. The number of Topliss-reactive ketones (excluding diaryl/α,β-unsaturated/α-hetero) is 2. The maximum Gasteiger partial charge on any atom is 0.375 e. The van der Waals surface area contributed by atoms with Crippen molar-refractivity contribution in [1.82, 2.24) is 0 Å². The third kappa shape index (κ3) is 6.52. The number of aryl methyl sites for hydroxylation is 1. The van der Waals surface area contributed by atoms with Gasteiger partial charge < -0.3 is 14.2 Å². The number of ketones is 2. The van der Waals surface area contributed by atoms with Crippen molar-refractivity contribution >= 4 is 28.9 Å². The van der Waals surface area contributed by atoms with Crippen LogP contribution in [0.4, 0.5) is 0 Å². The lowest BCUT2D eigenvalue weighted by Gasteiger charge is -2.20. The molecule has 0 N–H and O–H groups in total. The molecular formula is C26H26O6S. The molecule has 3 rings (SSSR count). The summed E-state index contributed by atoms with van der Waals surface area (Å²) < 4.78 is 16.7. The second-order valence-electron chi connectivity index (χ2n) is 7.44. The van der Waals surface area contributed by atoms with Crippen molar-refractivity contribution in [1.29, 1.82) is 0 Å². The molecule has 0 saturated heterocycles. The Hall–Kier alpha value is -3.45. The van der Waals surface area contributed by atoms with Gasteiger partial charge in [-0.25, -0.2) is 4.79 Å². The SMILES string of the molecule is CCOC(=O)C(=O)CC(=O)c1ccc(OCc2ccsc2)cc1OC(C)c1ccccc1C. The summed E-state index contributed by atoms with van der Waals surface area (Å²) in [5, 5.41) is 3.97. The number of ether oxygens (including phenoxy) is 3. The molecule has 1 atom stereocenters. The predicted molar refractivity (Wildman–Crippen MR) is 126 cm³/mol. The van der Waals surface area contributed by atoms with Gasteiger partial charge in [0.05, 0.1) is 18.6 Å². The molecule has 0 fully saturated rings. The molecule has 0 aliphatic rings. The van der Waals surface area contributed by atoms with Crippen LogP contribution in [0, 0.1) is 6.92 Å². The van der Waals surface area contributed by atoms with Crippen LogP contribution in [0.3, 0.4) is 0 Å². The predicted octanol–water partition coefficient (Wildman–Crippen LogP) is 5.48. The fraction of sp³-hybridized carbons (Fsp3) is 0.269. The highest BCUT2D eigenvalue weighted by Crippen LogP contribution is 2.31. The smallest absolute Gasteiger partial charge is 0.375 e. The minimum atomic E-state index is -1.02. The van der Waals surface area contributed by atoms with E-state index >= 15 is 0 Å². The van der Waals surface area contributed by atoms with Crippen LogP contribution >= 0.6 is 11.3 Å². The van der Waals surface area contributed by atoms with Crippen molar-refractivity contribution in [2.24, 2.45) is 0 Å². The largest absolute Gasteiger partial charge is 0.489 e. The van der Waals surface area contributed by atoms with Gasteiger partial charge in [-0.05, 0) is 66.4 Å². The van der Waals surface area contributed by atoms with E-state index in [-0.39, 0.29) is 24.0 Å². The van der Waals surface area contributed by atoms with E-state index in [1.54, 1.807) is 36.5 Å². The number of carbonyl (C=O) groups excluding carboxylic acids is 3. The van der Waals surface area contributed by atoms with Crippen LogP contribution in [0.15, 0.2) is 59.3 Å². The summed E-state index contributed by atoms with van der Waals surface area (Å²) >= 11 is 1.58. The van der Waals surface area contributed by atoms with E-state index in [1.165, 1.54) is 0 Å². The normalized spacial score (nSPS) is 11.5. The van der Waals surface area contributed by atoms with E-state index in [9.17, 15) is 14.4 Å². The Morgan fingerprint density at radius 2 is 1.85 bits per heavy atom. The molecule has 0 spiro atoms. The number of hydrogen-bond acceptors (Lipinski definition) is 7. The van der Waals surface area contributed by atoms with Crippen molar-refractivity contribution in [2.45, 2.75) is 39.9 Å². The third-order valence-corrected chi connectivity index (χ3v) is 5.73. The third-order valence-electron chi connectivity index (χ3n) is 4.99. The summed E-state index contributed by atoms with van der Waals surface area (Å²) in [5.41, 5.74) is 3.27. The van der Waals surface area contributed by atoms with Crippen LogP contribution < -0.4 is 9.47 Å². The number of benzene rings is 2. The maximum atomic E-state index is 12.9. The van der Waals surface area contributed by atoms with Crippen LogP contribution in [0.5, 0.6) is 11.5 Å². The van der Waals surface area contributed by atoms with Crippen LogP contribution in [0.2, 0.25) is 0 Å². The molecule has 1 heterocycles. The first-order valence-corrected chi connectivity index (χ1v) is 11.6. The second-order valence-corrected chi connectivity index (χ2v) is 8.22. The highest BCUT2D eigenvalue weighted by Gasteiger charge is 2.24. The molecule has 6 nitrogen and oxygen atoms in total. The summed E-state index contributed by atoms with van der Waals surface area (Å²) in [6, 6.07) is 14.6. The Bertz CT molecular complexity index is 1120. The van der Waals surface area contributed by atoms with Crippen molar-refractivity contribution in [2.75, 3.05) is 6.61 Å². The van der Waals surface area contributed by atoms with Crippen LogP contribution in [-0.4, -0.2) is 24.1 Å². The molecule has 0 aliphatic heterocycles. The number of carbonyl (C=O) groups is 3. The molecule has 172 valence electrons. The molecule has 7 heteroatoms. The zero-order chi connectivity index (χ0) is 23.8. The molecule has 0 amide bonds. The molecule has 0 radical (unpaired) electrons. The van der Waals surface area contributed by atoms with Crippen molar-refractivity contribution in [3.05, 3.63) is 81.5 Å². The summed E-state index contributed by atoms with van der Waals surface area (Å²) in [6.45, 7) is 5.92. The fourth-order valence-corrected chi connectivity index (χ4v) is 3.94. The first kappa shape index (κ1) is 24.2. The van der Waals surface area contributed by atoms with Gasteiger partial charge in [0.1, 0.15) is 24.2 Å². The van der Waals surface area contributed by atoms with Crippen molar-refractivity contribution < 1.29 is 28.6 Å². The fourth-order valence-electron chi connectivity index (χ4n) is 3.28. The minimum Gasteiger partial charge on any atom is -0.489 e. The van der Waals surface area contributed by atoms with E-state index in [1.807, 2.05) is 54.9 Å². The Morgan fingerprint density at radius 3 is 2.55 bits per heavy atom. The highest BCUT2D eigenvalue weighted by molar-refractivity contribution is 7.07.